The fraction of sp³-hybridized carbons (Fsp3) is 0.250. The van der Waals surface area contributed by atoms with Gasteiger partial charge in [0.05, 0.1) is 24.4 Å². The van der Waals surface area contributed by atoms with Gasteiger partial charge in [-0.1, -0.05) is 54.6 Å². The highest BCUT2D eigenvalue weighted by Gasteiger charge is 2.42. The van der Waals surface area contributed by atoms with Gasteiger partial charge in [-0.25, -0.2) is 10.1 Å². The van der Waals surface area contributed by atoms with E-state index in [4.69, 9.17) is 5.14 Å². The van der Waals surface area contributed by atoms with Crippen LogP contribution in [0.3, 0.4) is 0 Å². The van der Waals surface area contributed by atoms with Gasteiger partial charge in [-0.3, -0.25) is 4.18 Å². The molecule has 2 aromatic carbocycles. The highest BCUT2D eigenvalue weighted by Crippen LogP contribution is 2.31. The molecule has 0 unspecified atom stereocenters. The van der Waals surface area contributed by atoms with Crippen molar-refractivity contribution in [2.75, 3.05) is 11.9 Å². The molecule has 10 nitrogen and oxygen atoms in total. The molecule has 1 saturated carbocycles. The van der Waals surface area contributed by atoms with Crippen molar-refractivity contribution in [2.24, 2.45) is 11.1 Å². The molecular formula is C24H25N5O5S. The predicted molar refractivity (Wildman–Crippen MR) is 130 cm³/mol. The van der Waals surface area contributed by atoms with Crippen molar-refractivity contribution >= 4 is 21.8 Å². The molecule has 2 aromatic heterocycles. The Morgan fingerprint density at radius 3 is 2.40 bits per heavy atom. The second-order valence-electron chi connectivity index (χ2n) is 8.58. The molecule has 1 aliphatic carbocycles. The summed E-state index contributed by atoms with van der Waals surface area (Å²) in [6.07, 6.45) is -0.395. The fourth-order valence-corrected chi connectivity index (χ4v) is 4.78. The van der Waals surface area contributed by atoms with E-state index >= 15 is 0 Å². The number of nitrogens with zero attached hydrogens (tertiary/aromatic N) is 3. The van der Waals surface area contributed by atoms with Crippen LogP contribution in [0.5, 0.6) is 0 Å². The minimum Gasteiger partial charge on any atom is -0.390 e. The van der Waals surface area contributed by atoms with Crippen molar-refractivity contribution in [3.63, 3.8) is 0 Å². The lowest BCUT2D eigenvalue weighted by atomic mass is 10.0. The van der Waals surface area contributed by atoms with Gasteiger partial charge >= 0.3 is 10.3 Å². The number of anilines is 1. The first-order valence-corrected chi connectivity index (χ1v) is 12.6. The summed E-state index contributed by atoms with van der Waals surface area (Å²) < 4.78 is 28.4. The molecule has 35 heavy (non-hydrogen) atoms. The van der Waals surface area contributed by atoms with Crippen molar-refractivity contribution in [3.8, 4) is 22.4 Å². The number of nitrogens with one attached hydrogen (secondary N) is 1. The monoisotopic (exact) mass is 495 g/mol. The first-order valence-electron chi connectivity index (χ1n) is 11.1. The number of rotatable bonds is 7. The summed E-state index contributed by atoms with van der Waals surface area (Å²) in [5.41, 5.74) is 4.51. The van der Waals surface area contributed by atoms with Gasteiger partial charge in [0.25, 0.3) is 0 Å². The molecule has 11 heteroatoms. The maximum absolute atomic E-state index is 11.1. The molecule has 2 heterocycles. The lowest BCUT2D eigenvalue weighted by Crippen LogP contribution is -2.36. The van der Waals surface area contributed by atoms with E-state index in [-0.39, 0.29) is 13.0 Å². The van der Waals surface area contributed by atoms with E-state index in [9.17, 15) is 18.6 Å². The lowest BCUT2D eigenvalue weighted by Gasteiger charge is -2.19. The third-order valence-electron chi connectivity index (χ3n) is 6.23. The molecule has 1 aliphatic rings. The van der Waals surface area contributed by atoms with Crippen molar-refractivity contribution in [2.45, 2.75) is 24.7 Å². The average Bonchev–Trinajstić information content (AvgIpc) is 3.41. The van der Waals surface area contributed by atoms with Gasteiger partial charge in [-0.2, -0.15) is 18.0 Å². The average molecular weight is 496 g/mol. The van der Waals surface area contributed by atoms with E-state index in [1.807, 2.05) is 48.5 Å². The summed E-state index contributed by atoms with van der Waals surface area (Å²) in [7, 11) is -4.14. The Hall–Kier alpha value is -3.35. The number of nitrogens with two attached hydrogens (primary N) is 1. The van der Waals surface area contributed by atoms with Gasteiger partial charge in [0, 0.05) is 23.7 Å². The summed E-state index contributed by atoms with van der Waals surface area (Å²) in [5.74, 6) is -0.0270. The van der Waals surface area contributed by atoms with Gasteiger partial charge in [-0.05, 0) is 23.6 Å². The second kappa shape index (κ2) is 9.36. The molecule has 0 amide bonds. The first-order chi connectivity index (χ1) is 16.8. The van der Waals surface area contributed by atoms with Crippen molar-refractivity contribution in [3.05, 3.63) is 72.9 Å². The molecule has 4 aromatic rings. The highest BCUT2D eigenvalue weighted by molar-refractivity contribution is 7.84. The minimum atomic E-state index is -4.14. The zero-order valence-electron chi connectivity index (χ0n) is 18.6. The van der Waals surface area contributed by atoms with Crippen LogP contribution in [-0.4, -0.2) is 58.1 Å². The summed E-state index contributed by atoms with van der Waals surface area (Å²) in [5, 5.41) is 33.6. The van der Waals surface area contributed by atoms with Crippen molar-refractivity contribution in [1.82, 2.24) is 14.6 Å². The Labute approximate surface area is 202 Å². The van der Waals surface area contributed by atoms with Crippen LogP contribution >= 0.6 is 0 Å². The SMILES string of the molecule is NS(=O)(=O)OC[C@H]1C[C@@H](Nc2ccnc3cc(-c4ccc(-c5ccccc5)cc4)nn23)[C@H](O)[C@@H]1O. The second-order valence-corrected chi connectivity index (χ2v) is 9.80. The molecular weight excluding hydrogens is 470 g/mol. The lowest BCUT2D eigenvalue weighted by molar-refractivity contribution is 0.00777. The predicted octanol–water partition coefficient (Wildman–Crippen LogP) is 1.81. The molecule has 5 rings (SSSR count). The Bertz CT molecular complexity index is 1430. The van der Waals surface area contributed by atoms with Crippen LogP contribution in [0, 0.1) is 5.92 Å². The maximum atomic E-state index is 11.1. The Morgan fingerprint density at radius 2 is 1.69 bits per heavy atom. The largest absolute Gasteiger partial charge is 0.390 e. The zero-order valence-corrected chi connectivity index (χ0v) is 19.4. The maximum Gasteiger partial charge on any atom is 0.333 e. The minimum absolute atomic E-state index is 0.275. The van der Waals surface area contributed by atoms with Gasteiger partial charge < -0.3 is 15.5 Å². The van der Waals surface area contributed by atoms with Crippen LogP contribution < -0.4 is 10.5 Å². The van der Waals surface area contributed by atoms with Crippen LogP contribution in [-0.2, 0) is 14.5 Å². The Balaban J connectivity index is 1.36. The third kappa shape index (κ3) is 5.04. The van der Waals surface area contributed by atoms with Gasteiger partial charge in [0.2, 0.25) is 0 Å². The van der Waals surface area contributed by atoms with Crippen LogP contribution in [0.15, 0.2) is 72.9 Å². The van der Waals surface area contributed by atoms with Crippen molar-refractivity contribution in [1.29, 1.82) is 0 Å². The molecule has 0 aliphatic heterocycles. The van der Waals surface area contributed by atoms with Crippen LogP contribution in [0.2, 0.25) is 0 Å². The summed E-state index contributed by atoms with van der Waals surface area (Å²) >= 11 is 0. The Kier molecular flexibility index (Phi) is 6.26. The van der Waals surface area contributed by atoms with Crippen LogP contribution in [0.25, 0.3) is 28.0 Å². The topological polar surface area (TPSA) is 152 Å². The molecule has 182 valence electrons. The zero-order chi connectivity index (χ0) is 24.6. The van der Waals surface area contributed by atoms with Crippen LogP contribution in [0.4, 0.5) is 5.82 Å². The van der Waals surface area contributed by atoms with Gasteiger partial charge in [0.15, 0.2) is 5.65 Å². The molecule has 0 saturated heterocycles. The summed E-state index contributed by atoms with van der Waals surface area (Å²) in [4.78, 5) is 4.38. The van der Waals surface area contributed by atoms with E-state index in [2.05, 4.69) is 31.7 Å². The summed E-state index contributed by atoms with van der Waals surface area (Å²) in [6.45, 7) is -0.314. The number of aliphatic hydroxyl groups excluding tert-OH is 2. The normalized spacial score (nSPS) is 22.5. The molecule has 0 bridgehead atoms. The van der Waals surface area contributed by atoms with Crippen molar-refractivity contribution < 1.29 is 22.8 Å². The highest BCUT2D eigenvalue weighted by atomic mass is 32.2. The first kappa shape index (κ1) is 23.4. The molecule has 0 spiro atoms. The standard InChI is InChI=1S/C24H25N5O5S/c25-35(32,33)34-14-18-12-20(24(31)23(18)30)27-21-10-11-26-22-13-19(28-29(21)22)17-8-6-16(7-9-17)15-4-2-1-3-5-15/h1-11,13,18,20,23-24,27,30-31H,12,14H2,(H2,25,32,33)/t18-,20-,23-,24+/m1/s1. The van der Waals surface area contributed by atoms with E-state index in [0.717, 1.165) is 22.4 Å². The molecule has 1 fully saturated rings. The molecule has 5 N–H and O–H groups in total. The van der Waals surface area contributed by atoms with E-state index in [1.165, 1.54) is 0 Å². The van der Waals surface area contributed by atoms with E-state index < -0.39 is 34.5 Å². The number of aliphatic hydroxyl groups is 2. The number of hydrogen-bond donors (Lipinski definition) is 4. The van der Waals surface area contributed by atoms with Gasteiger partial charge in [-0.15, -0.1) is 0 Å². The quantitative estimate of drug-likeness (QED) is 0.303. The number of hydrogen-bond acceptors (Lipinski definition) is 8. The van der Waals surface area contributed by atoms with Gasteiger partial charge in [0.1, 0.15) is 11.9 Å². The molecule has 4 atom stereocenters. The number of fused-ring (bicyclic) bond motifs is 1. The molecule has 0 radical (unpaired) electrons. The van der Waals surface area contributed by atoms with Crippen LogP contribution in [0.1, 0.15) is 6.42 Å². The van der Waals surface area contributed by atoms with E-state index in [0.29, 0.717) is 11.5 Å². The fourth-order valence-electron chi connectivity index (χ4n) is 4.41. The third-order valence-corrected chi connectivity index (χ3v) is 6.69. The van der Waals surface area contributed by atoms with E-state index in [1.54, 1.807) is 16.8 Å². The summed E-state index contributed by atoms with van der Waals surface area (Å²) in [6, 6.07) is 21.2. The number of aromatic nitrogens is 3. The smallest absolute Gasteiger partial charge is 0.333 e. The number of benzene rings is 2. The Morgan fingerprint density at radius 1 is 1.00 bits per heavy atom.